The number of nitrogens with zero attached hydrogens (tertiary/aromatic N) is 3. The zero-order valence-electron chi connectivity index (χ0n) is 9.58. The molecule has 6 heteroatoms. The zero-order valence-corrected chi connectivity index (χ0v) is 10.4. The molecule has 0 radical (unpaired) electrons. The number of thiophene rings is 1. The van der Waals surface area contributed by atoms with Gasteiger partial charge in [0.25, 0.3) is 0 Å². The Balaban J connectivity index is 2.03. The first-order chi connectivity index (χ1) is 8.78. The fraction of sp³-hybridized carbons (Fsp3) is 0.250. The van der Waals surface area contributed by atoms with Gasteiger partial charge in [-0.05, 0) is 17.9 Å². The van der Waals surface area contributed by atoms with Crippen LogP contribution in [0.25, 0.3) is 0 Å². The number of anilines is 1. The van der Waals surface area contributed by atoms with Gasteiger partial charge in [-0.25, -0.2) is 9.97 Å². The van der Waals surface area contributed by atoms with Crippen LogP contribution in [0.15, 0.2) is 28.9 Å². The minimum atomic E-state index is 0.262. The molecule has 2 heterocycles. The van der Waals surface area contributed by atoms with E-state index in [-0.39, 0.29) is 5.95 Å². The Hall–Kier alpha value is -1.95. The summed E-state index contributed by atoms with van der Waals surface area (Å²) in [4.78, 5) is 9.48. The average Bonchev–Trinajstić information content (AvgIpc) is 2.90. The molecular weight excluding hydrogens is 248 g/mol. The molecule has 1 aliphatic carbocycles. The molecule has 0 saturated carbocycles. The smallest absolute Gasteiger partial charge is 0.220 e. The van der Waals surface area contributed by atoms with Gasteiger partial charge in [0.2, 0.25) is 5.95 Å². The summed E-state index contributed by atoms with van der Waals surface area (Å²) < 4.78 is 0. The molecule has 92 valence electrons. The first kappa shape index (κ1) is 11.2. The van der Waals surface area contributed by atoms with E-state index in [1.54, 1.807) is 17.5 Å². The largest absolute Gasteiger partial charge is 0.411 e. The standard InChI is InChI=1S/C12H12N4OS/c13-12-14-6-8-9(15-12)4-7(5-10(8)16-17)11-2-1-3-18-11/h1-3,6-7,17H,4-5H2,(H2,13,14,15)/b16-10+. The molecule has 0 spiro atoms. The molecule has 18 heavy (non-hydrogen) atoms. The Morgan fingerprint density at radius 1 is 1.44 bits per heavy atom. The van der Waals surface area contributed by atoms with E-state index in [2.05, 4.69) is 26.6 Å². The highest BCUT2D eigenvalue weighted by Gasteiger charge is 2.27. The maximum absolute atomic E-state index is 9.13. The van der Waals surface area contributed by atoms with Gasteiger partial charge in [-0.3, -0.25) is 0 Å². The lowest BCUT2D eigenvalue weighted by atomic mass is 9.85. The van der Waals surface area contributed by atoms with Gasteiger partial charge in [-0.15, -0.1) is 11.3 Å². The van der Waals surface area contributed by atoms with Crippen molar-refractivity contribution in [1.82, 2.24) is 9.97 Å². The van der Waals surface area contributed by atoms with Crippen molar-refractivity contribution in [2.45, 2.75) is 18.8 Å². The Bertz CT molecular complexity index is 594. The molecule has 3 N–H and O–H groups in total. The van der Waals surface area contributed by atoms with E-state index in [1.807, 2.05) is 6.07 Å². The Kier molecular flexibility index (Phi) is 2.71. The van der Waals surface area contributed by atoms with E-state index in [0.717, 1.165) is 17.7 Å². The number of fused-ring (bicyclic) bond motifs is 1. The van der Waals surface area contributed by atoms with Gasteiger partial charge in [0.15, 0.2) is 0 Å². The van der Waals surface area contributed by atoms with Crippen molar-refractivity contribution < 1.29 is 5.21 Å². The second-order valence-corrected chi connectivity index (χ2v) is 5.24. The van der Waals surface area contributed by atoms with Crippen molar-refractivity contribution in [2.24, 2.45) is 5.16 Å². The lowest BCUT2D eigenvalue weighted by molar-refractivity contribution is 0.317. The van der Waals surface area contributed by atoms with Crippen molar-refractivity contribution in [2.75, 3.05) is 5.73 Å². The Morgan fingerprint density at radius 3 is 3.06 bits per heavy atom. The third-order valence-corrected chi connectivity index (χ3v) is 4.18. The van der Waals surface area contributed by atoms with Gasteiger partial charge in [-0.1, -0.05) is 11.2 Å². The minimum Gasteiger partial charge on any atom is -0.411 e. The summed E-state index contributed by atoms with van der Waals surface area (Å²) in [6, 6.07) is 4.12. The topological polar surface area (TPSA) is 84.4 Å². The number of aromatic nitrogens is 2. The third-order valence-electron chi connectivity index (χ3n) is 3.14. The van der Waals surface area contributed by atoms with Gasteiger partial charge in [0.05, 0.1) is 11.4 Å². The Morgan fingerprint density at radius 2 is 2.33 bits per heavy atom. The van der Waals surface area contributed by atoms with Crippen LogP contribution >= 0.6 is 11.3 Å². The number of nitrogen functional groups attached to an aromatic ring is 1. The third kappa shape index (κ3) is 1.84. The minimum absolute atomic E-state index is 0.262. The molecule has 1 aliphatic rings. The second kappa shape index (κ2) is 4.38. The number of oxime groups is 1. The van der Waals surface area contributed by atoms with Gasteiger partial charge in [0.1, 0.15) is 0 Å². The first-order valence-electron chi connectivity index (χ1n) is 5.64. The first-order valence-corrected chi connectivity index (χ1v) is 6.52. The lowest BCUT2D eigenvalue weighted by Crippen LogP contribution is -2.21. The average molecular weight is 260 g/mol. The van der Waals surface area contributed by atoms with Crippen LogP contribution in [-0.2, 0) is 6.42 Å². The second-order valence-electron chi connectivity index (χ2n) is 4.26. The van der Waals surface area contributed by atoms with Crippen molar-refractivity contribution >= 4 is 23.0 Å². The summed E-state index contributed by atoms with van der Waals surface area (Å²) in [6.45, 7) is 0. The fourth-order valence-corrected chi connectivity index (χ4v) is 3.13. The van der Waals surface area contributed by atoms with Gasteiger partial charge in [-0.2, -0.15) is 0 Å². The highest BCUT2D eigenvalue weighted by Crippen LogP contribution is 2.34. The van der Waals surface area contributed by atoms with Crippen LogP contribution in [-0.4, -0.2) is 20.9 Å². The van der Waals surface area contributed by atoms with Crippen LogP contribution < -0.4 is 5.73 Å². The molecule has 2 aromatic heterocycles. The highest BCUT2D eigenvalue weighted by atomic mass is 32.1. The van der Waals surface area contributed by atoms with Gasteiger partial charge >= 0.3 is 0 Å². The predicted octanol–water partition coefficient (Wildman–Crippen LogP) is 2.03. The SMILES string of the molecule is Nc1ncc2c(n1)CC(c1cccs1)C/C2=N\O. The van der Waals surface area contributed by atoms with E-state index in [4.69, 9.17) is 10.9 Å². The maximum Gasteiger partial charge on any atom is 0.220 e. The molecule has 3 rings (SSSR count). The van der Waals surface area contributed by atoms with Crippen molar-refractivity contribution in [3.63, 3.8) is 0 Å². The number of nitrogens with two attached hydrogens (primary N) is 1. The number of hydrogen-bond acceptors (Lipinski definition) is 6. The molecule has 5 nitrogen and oxygen atoms in total. The molecule has 1 atom stereocenters. The maximum atomic E-state index is 9.13. The molecule has 1 unspecified atom stereocenters. The summed E-state index contributed by atoms with van der Waals surface area (Å²) >= 11 is 1.71. The number of rotatable bonds is 1. The molecular formula is C12H12N4OS. The normalized spacial score (nSPS) is 20.9. The molecule has 0 aromatic carbocycles. The molecule has 0 aliphatic heterocycles. The van der Waals surface area contributed by atoms with Crippen LogP contribution in [0.3, 0.4) is 0 Å². The van der Waals surface area contributed by atoms with Crippen molar-refractivity contribution in [3.8, 4) is 0 Å². The van der Waals surface area contributed by atoms with Crippen molar-refractivity contribution in [3.05, 3.63) is 39.8 Å². The summed E-state index contributed by atoms with van der Waals surface area (Å²) in [6.07, 6.45) is 3.15. The zero-order chi connectivity index (χ0) is 12.5. The number of hydrogen-bond donors (Lipinski definition) is 2. The highest BCUT2D eigenvalue weighted by molar-refractivity contribution is 7.10. The summed E-state index contributed by atoms with van der Waals surface area (Å²) in [5.74, 6) is 0.565. The molecule has 0 fully saturated rings. The Labute approximate surface area is 108 Å². The fourth-order valence-electron chi connectivity index (χ4n) is 2.30. The lowest BCUT2D eigenvalue weighted by Gasteiger charge is -2.23. The van der Waals surface area contributed by atoms with Gasteiger partial charge < -0.3 is 10.9 Å². The molecule has 0 amide bonds. The predicted molar refractivity (Wildman–Crippen MR) is 70.1 cm³/mol. The van der Waals surface area contributed by atoms with Crippen LogP contribution in [0, 0.1) is 0 Å². The van der Waals surface area contributed by atoms with Gasteiger partial charge in [0, 0.05) is 29.0 Å². The summed E-state index contributed by atoms with van der Waals surface area (Å²) in [5, 5.41) is 14.6. The van der Waals surface area contributed by atoms with Crippen LogP contribution in [0.5, 0.6) is 0 Å². The van der Waals surface area contributed by atoms with E-state index in [1.165, 1.54) is 4.88 Å². The summed E-state index contributed by atoms with van der Waals surface area (Å²) in [7, 11) is 0. The van der Waals surface area contributed by atoms with Crippen LogP contribution in [0.2, 0.25) is 0 Å². The molecule has 0 bridgehead atoms. The van der Waals surface area contributed by atoms with Crippen LogP contribution in [0.4, 0.5) is 5.95 Å². The monoisotopic (exact) mass is 260 g/mol. The van der Waals surface area contributed by atoms with E-state index in [9.17, 15) is 0 Å². The van der Waals surface area contributed by atoms with E-state index < -0.39 is 0 Å². The molecule has 2 aromatic rings. The summed E-state index contributed by atoms with van der Waals surface area (Å²) in [5.41, 5.74) is 7.91. The quantitative estimate of drug-likeness (QED) is 0.607. The van der Waals surface area contributed by atoms with Crippen LogP contribution in [0.1, 0.15) is 28.5 Å². The van der Waals surface area contributed by atoms with Crippen molar-refractivity contribution in [1.29, 1.82) is 0 Å². The van der Waals surface area contributed by atoms with E-state index >= 15 is 0 Å². The molecule has 0 saturated heterocycles. The van der Waals surface area contributed by atoms with E-state index in [0.29, 0.717) is 18.1 Å².